The molecule has 0 unspecified atom stereocenters. The molecule has 366 valence electrons. The Morgan fingerprint density at radius 2 is 0.722 bits per heavy atom. The number of aromatic nitrogens is 3. The third-order valence-corrected chi connectivity index (χ3v) is 17.7. The maximum atomic E-state index is 5.50. The second-order valence-corrected chi connectivity index (χ2v) is 22.2. The van der Waals surface area contributed by atoms with Gasteiger partial charge in [-0.15, -0.1) is 0 Å². The summed E-state index contributed by atoms with van der Waals surface area (Å²) in [6.45, 7) is 4.75. The third-order valence-electron chi connectivity index (χ3n) is 17.7. The summed E-state index contributed by atoms with van der Waals surface area (Å²) in [5.74, 6) is 0. The van der Waals surface area contributed by atoms with E-state index in [9.17, 15) is 0 Å². The first-order valence-electron chi connectivity index (χ1n) is 27.4. The van der Waals surface area contributed by atoms with Crippen LogP contribution < -0.4 is 0 Å². The molecule has 17 rings (SSSR count). The molecule has 0 saturated carbocycles. The Morgan fingerprint density at radius 3 is 1.25 bits per heavy atom. The molecule has 0 fully saturated rings. The van der Waals surface area contributed by atoms with Crippen LogP contribution in [0, 0.1) is 0 Å². The van der Waals surface area contributed by atoms with Crippen LogP contribution in [0.25, 0.3) is 164 Å². The number of nitrogens with zero attached hydrogens (tertiary/aromatic N) is 3. The summed E-state index contributed by atoms with van der Waals surface area (Å²) in [5.41, 5.74) is 20.0. The van der Waals surface area contributed by atoms with Gasteiger partial charge in [0.1, 0.15) is 0 Å². The Balaban J connectivity index is 0.900. The van der Waals surface area contributed by atoms with Crippen molar-refractivity contribution in [2.45, 2.75) is 19.3 Å². The fraction of sp³-hybridized carbons (Fsp3) is 0.0395. The standard InChI is InChI=1S/C76H47N3/c1-76(2)66-10-6-5-9-65(66)75-74(76)72(73-60-8-4-3-7-45(60)23-32-67(73)79-75)52-13-11-44(12-14-52)53-41-54(58-26-17-50-19-28-61-56(46-33-37-77-38-34-46)24-15-48-21-30-63(58)70(50)68(48)61)43-55(42-53)59-27-18-51-20-29-62-57(47-35-39-78-40-36-47)25-16-49-22-31-64(59)71(51)69(49)62/h3-43H,1-2H3. The lowest BCUT2D eigenvalue weighted by Crippen LogP contribution is -2.16. The molecule has 16 aromatic rings. The van der Waals surface area contributed by atoms with Crippen molar-refractivity contribution in [3.8, 4) is 78.0 Å². The number of benzene rings is 13. The molecule has 0 atom stereocenters. The predicted molar refractivity (Wildman–Crippen MR) is 332 cm³/mol. The van der Waals surface area contributed by atoms with E-state index in [2.05, 4.69) is 248 Å². The van der Waals surface area contributed by atoms with Crippen molar-refractivity contribution in [2.24, 2.45) is 0 Å². The van der Waals surface area contributed by atoms with Gasteiger partial charge in [0, 0.05) is 41.2 Å². The molecule has 0 saturated heterocycles. The maximum Gasteiger partial charge on any atom is 0.0759 e. The maximum absolute atomic E-state index is 5.50. The normalized spacial score (nSPS) is 13.0. The molecule has 3 heterocycles. The van der Waals surface area contributed by atoms with Crippen molar-refractivity contribution in [1.29, 1.82) is 0 Å². The topological polar surface area (TPSA) is 38.7 Å². The Kier molecular flexibility index (Phi) is 9.18. The molecular formula is C76H47N3. The van der Waals surface area contributed by atoms with E-state index >= 15 is 0 Å². The molecule has 0 radical (unpaired) electrons. The molecule has 3 nitrogen and oxygen atoms in total. The summed E-state index contributed by atoms with van der Waals surface area (Å²) in [6.07, 6.45) is 7.55. The Morgan fingerprint density at radius 1 is 0.291 bits per heavy atom. The van der Waals surface area contributed by atoms with Crippen molar-refractivity contribution in [3.05, 3.63) is 260 Å². The fourth-order valence-corrected chi connectivity index (χ4v) is 14.1. The lowest BCUT2D eigenvalue weighted by Gasteiger charge is -2.26. The van der Waals surface area contributed by atoms with Gasteiger partial charge in [0.25, 0.3) is 0 Å². The molecule has 0 aliphatic heterocycles. The smallest absolute Gasteiger partial charge is 0.0759 e. The van der Waals surface area contributed by atoms with Gasteiger partial charge in [0.15, 0.2) is 0 Å². The number of hydrogen-bond donors (Lipinski definition) is 0. The van der Waals surface area contributed by atoms with Gasteiger partial charge in [-0.05, 0) is 202 Å². The van der Waals surface area contributed by atoms with Crippen LogP contribution >= 0.6 is 0 Å². The third kappa shape index (κ3) is 6.39. The predicted octanol–water partition coefficient (Wildman–Crippen LogP) is 20.3. The molecular weight excluding hydrogens is 955 g/mol. The summed E-state index contributed by atoms with van der Waals surface area (Å²) >= 11 is 0. The number of pyridine rings is 3. The largest absolute Gasteiger partial charge is 0.265 e. The second kappa shape index (κ2) is 16.5. The number of rotatable bonds is 6. The molecule has 0 amide bonds. The summed E-state index contributed by atoms with van der Waals surface area (Å²) in [5, 5.41) is 18.8. The fourth-order valence-electron chi connectivity index (χ4n) is 14.1. The highest BCUT2D eigenvalue weighted by atomic mass is 14.7. The molecule has 1 aliphatic carbocycles. The van der Waals surface area contributed by atoms with Gasteiger partial charge in [-0.1, -0.05) is 190 Å². The summed E-state index contributed by atoms with van der Waals surface area (Å²) in [4.78, 5) is 14.2. The summed E-state index contributed by atoms with van der Waals surface area (Å²) < 4.78 is 0. The van der Waals surface area contributed by atoms with E-state index < -0.39 is 0 Å². The first kappa shape index (κ1) is 44.1. The van der Waals surface area contributed by atoms with Gasteiger partial charge in [-0.3, -0.25) is 9.97 Å². The van der Waals surface area contributed by atoms with Crippen LogP contribution in [0.4, 0.5) is 0 Å². The Hall–Kier alpha value is -10.1. The van der Waals surface area contributed by atoms with Gasteiger partial charge in [-0.25, -0.2) is 4.98 Å². The highest BCUT2D eigenvalue weighted by Crippen LogP contribution is 2.54. The van der Waals surface area contributed by atoms with E-state index in [0.29, 0.717) is 0 Å². The minimum atomic E-state index is -0.260. The van der Waals surface area contributed by atoms with Gasteiger partial charge in [0.2, 0.25) is 0 Å². The first-order valence-corrected chi connectivity index (χ1v) is 27.4. The van der Waals surface area contributed by atoms with Crippen molar-refractivity contribution in [3.63, 3.8) is 0 Å². The number of fused-ring (bicyclic) bond motifs is 6. The van der Waals surface area contributed by atoms with Gasteiger partial charge in [0.05, 0.1) is 11.2 Å². The van der Waals surface area contributed by atoms with Crippen LogP contribution in [0.5, 0.6) is 0 Å². The van der Waals surface area contributed by atoms with Crippen molar-refractivity contribution in [2.75, 3.05) is 0 Å². The van der Waals surface area contributed by atoms with Crippen LogP contribution in [0.2, 0.25) is 0 Å². The minimum Gasteiger partial charge on any atom is -0.265 e. The average molecular weight is 1000 g/mol. The van der Waals surface area contributed by atoms with Crippen molar-refractivity contribution < 1.29 is 0 Å². The second-order valence-electron chi connectivity index (χ2n) is 22.2. The Labute approximate surface area is 456 Å². The quantitative estimate of drug-likeness (QED) is 0.156. The van der Waals surface area contributed by atoms with E-state index in [1.54, 1.807) is 0 Å². The average Bonchev–Trinajstić information content (AvgIpc) is 4.02. The SMILES string of the molecule is CC1(C)c2ccccc2-c2nc3ccc4ccccc4c3c(-c3ccc(-c4cc(-c5ccc6ccc7c(-c8ccncc8)ccc8ccc5c6c87)cc(-c5ccc6ccc7c(-c8ccncc8)ccc8ccc5c6c87)c4)cc3)c21. The van der Waals surface area contributed by atoms with Crippen LogP contribution in [0.3, 0.4) is 0 Å². The van der Waals surface area contributed by atoms with E-state index in [4.69, 9.17) is 4.98 Å². The van der Waals surface area contributed by atoms with Gasteiger partial charge < -0.3 is 0 Å². The zero-order valence-electron chi connectivity index (χ0n) is 43.5. The van der Waals surface area contributed by atoms with E-state index in [0.717, 1.165) is 16.8 Å². The molecule has 1 aliphatic rings. The van der Waals surface area contributed by atoms with Crippen LogP contribution in [0.1, 0.15) is 25.0 Å². The van der Waals surface area contributed by atoms with Gasteiger partial charge in [-0.2, -0.15) is 0 Å². The zero-order valence-corrected chi connectivity index (χ0v) is 43.5. The monoisotopic (exact) mass is 1000 g/mol. The van der Waals surface area contributed by atoms with E-state index in [1.165, 1.54) is 159 Å². The van der Waals surface area contributed by atoms with Gasteiger partial charge >= 0.3 is 0 Å². The lowest BCUT2D eigenvalue weighted by molar-refractivity contribution is 0.662. The Bertz CT molecular complexity index is 4980. The van der Waals surface area contributed by atoms with E-state index in [1.807, 2.05) is 24.8 Å². The first-order chi connectivity index (χ1) is 38.9. The molecule has 13 aromatic carbocycles. The minimum absolute atomic E-state index is 0.260. The van der Waals surface area contributed by atoms with Crippen LogP contribution in [-0.2, 0) is 5.41 Å². The van der Waals surface area contributed by atoms with Crippen LogP contribution in [-0.4, -0.2) is 15.0 Å². The molecule has 3 aromatic heterocycles. The van der Waals surface area contributed by atoms with E-state index in [-0.39, 0.29) is 5.41 Å². The summed E-state index contributed by atoms with van der Waals surface area (Å²) in [6, 6.07) is 84.3. The van der Waals surface area contributed by atoms with Crippen molar-refractivity contribution in [1.82, 2.24) is 15.0 Å². The summed E-state index contributed by atoms with van der Waals surface area (Å²) in [7, 11) is 0. The van der Waals surface area contributed by atoms with Crippen molar-refractivity contribution >= 4 is 86.3 Å². The highest BCUT2D eigenvalue weighted by molar-refractivity contribution is 6.29. The molecule has 0 bridgehead atoms. The molecule has 0 N–H and O–H groups in total. The highest BCUT2D eigenvalue weighted by Gasteiger charge is 2.40. The molecule has 3 heteroatoms. The number of hydrogen-bond acceptors (Lipinski definition) is 3. The molecule has 79 heavy (non-hydrogen) atoms. The molecule has 0 spiro atoms. The lowest BCUT2D eigenvalue weighted by atomic mass is 9.78. The zero-order chi connectivity index (χ0) is 52.1. The van der Waals surface area contributed by atoms with Crippen LogP contribution in [0.15, 0.2) is 249 Å².